The number of carbonyl (C=O) groups is 1. The lowest BCUT2D eigenvalue weighted by molar-refractivity contribution is 0.0902. The molecule has 2 rings (SSSR count). The van der Waals surface area contributed by atoms with Crippen molar-refractivity contribution in [2.75, 3.05) is 0 Å². The molecule has 1 amide bonds. The van der Waals surface area contributed by atoms with Crippen molar-refractivity contribution in [1.29, 1.82) is 5.26 Å². The van der Waals surface area contributed by atoms with E-state index in [0.29, 0.717) is 12.8 Å². The van der Waals surface area contributed by atoms with Gasteiger partial charge in [-0.2, -0.15) is 5.26 Å². The molecule has 0 radical (unpaired) electrons. The highest BCUT2D eigenvalue weighted by Gasteiger charge is 2.34. The first-order valence-electron chi connectivity index (χ1n) is 6.29. The fraction of sp³-hybridized carbons (Fsp3) is 0.429. The minimum absolute atomic E-state index is 0.0239. The minimum Gasteiger partial charge on any atom is -0.508 e. The number of rotatable bonds is 2. The second kappa shape index (κ2) is 5.50. The van der Waals surface area contributed by atoms with Gasteiger partial charge in [0.25, 0.3) is 5.91 Å². The number of carbonyl (C=O) groups excluding carboxylic acids is 1. The summed E-state index contributed by atoms with van der Waals surface area (Å²) >= 11 is 5.94. The Kier molecular flexibility index (Phi) is 3.96. The van der Waals surface area contributed by atoms with Crippen LogP contribution in [0.15, 0.2) is 18.2 Å². The van der Waals surface area contributed by atoms with E-state index in [9.17, 15) is 15.2 Å². The van der Waals surface area contributed by atoms with E-state index < -0.39 is 11.4 Å². The molecule has 0 bridgehead atoms. The van der Waals surface area contributed by atoms with Gasteiger partial charge in [0.1, 0.15) is 11.3 Å². The van der Waals surface area contributed by atoms with Gasteiger partial charge in [0.15, 0.2) is 0 Å². The molecule has 1 aromatic carbocycles. The van der Waals surface area contributed by atoms with Crippen LogP contribution in [-0.2, 0) is 0 Å². The summed E-state index contributed by atoms with van der Waals surface area (Å²) in [6, 6.07) is 6.41. The Bertz CT molecular complexity index is 531. The molecule has 0 atom stereocenters. The van der Waals surface area contributed by atoms with Crippen LogP contribution >= 0.6 is 11.6 Å². The lowest BCUT2D eigenvalue weighted by Crippen LogP contribution is -2.48. The third-order valence-corrected chi connectivity index (χ3v) is 3.80. The summed E-state index contributed by atoms with van der Waals surface area (Å²) in [6.45, 7) is 0. The van der Waals surface area contributed by atoms with Crippen molar-refractivity contribution in [3.63, 3.8) is 0 Å². The van der Waals surface area contributed by atoms with Gasteiger partial charge < -0.3 is 10.4 Å². The number of phenols is 1. The number of nitrogens with zero attached hydrogens (tertiary/aromatic N) is 1. The van der Waals surface area contributed by atoms with Crippen LogP contribution in [0.1, 0.15) is 42.5 Å². The monoisotopic (exact) mass is 278 g/mol. The summed E-state index contributed by atoms with van der Waals surface area (Å²) in [5, 5.41) is 21.8. The highest BCUT2D eigenvalue weighted by Crippen LogP contribution is 2.29. The standard InChI is InChI=1S/C14H15ClN2O2/c15-12-5-4-10(18)8-11(12)13(19)17-14(9-16)6-2-1-3-7-14/h4-5,8,18H,1-3,6-7H2,(H,17,19). The number of phenolic OH excluding ortho intramolecular Hbond substituents is 1. The molecule has 1 aliphatic carbocycles. The van der Waals surface area contributed by atoms with Crippen molar-refractivity contribution in [3.8, 4) is 11.8 Å². The Morgan fingerprint density at radius 2 is 2.05 bits per heavy atom. The predicted molar refractivity (Wildman–Crippen MR) is 72.0 cm³/mol. The van der Waals surface area contributed by atoms with E-state index in [1.54, 1.807) is 0 Å². The largest absolute Gasteiger partial charge is 0.508 e. The second-order valence-corrected chi connectivity index (χ2v) is 5.28. The van der Waals surface area contributed by atoms with Gasteiger partial charge in [0.05, 0.1) is 16.7 Å². The lowest BCUT2D eigenvalue weighted by Gasteiger charge is -2.31. The van der Waals surface area contributed by atoms with Crippen LogP contribution in [0, 0.1) is 11.3 Å². The number of aromatic hydroxyl groups is 1. The van der Waals surface area contributed by atoms with Gasteiger partial charge in [-0.15, -0.1) is 0 Å². The van der Waals surface area contributed by atoms with Crippen molar-refractivity contribution in [1.82, 2.24) is 5.32 Å². The molecule has 19 heavy (non-hydrogen) atoms. The van der Waals surface area contributed by atoms with Crippen molar-refractivity contribution in [3.05, 3.63) is 28.8 Å². The number of benzene rings is 1. The van der Waals surface area contributed by atoms with E-state index in [2.05, 4.69) is 11.4 Å². The van der Waals surface area contributed by atoms with Crippen LogP contribution in [0.3, 0.4) is 0 Å². The predicted octanol–water partition coefficient (Wildman–Crippen LogP) is 3.00. The van der Waals surface area contributed by atoms with Gasteiger partial charge in [-0.3, -0.25) is 4.79 Å². The van der Waals surface area contributed by atoms with Crippen molar-refractivity contribution < 1.29 is 9.90 Å². The van der Waals surface area contributed by atoms with Crippen LogP contribution in [0.25, 0.3) is 0 Å². The molecule has 5 heteroatoms. The number of halogens is 1. The average Bonchev–Trinajstić information content (AvgIpc) is 2.42. The summed E-state index contributed by atoms with van der Waals surface area (Å²) in [6.07, 6.45) is 4.27. The Hall–Kier alpha value is -1.73. The van der Waals surface area contributed by atoms with E-state index >= 15 is 0 Å². The molecule has 0 heterocycles. The molecule has 1 saturated carbocycles. The summed E-state index contributed by atoms with van der Waals surface area (Å²) in [4.78, 5) is 12.2. The smallest absolute Gasteiger partial charge is 0.254 e. The van der Waals surface area contributed by atoms with Crippen molar-refractivity contribution in [2.45, 2.75) is 37.6 Å². The molecule has 1 aromatic rings. The zero-order valence-corrected chi connectivity index (χ0v) is 11.2. The second-order valence-electron chi connectivity index (χ2n) is 4.87. The normalized spacial score (nSPS) is 17.5. The van der Waals surface area contributed by atoms with E-state index in [4.69, 9.17) is 11.6 Å². The molecule has 0 aromatic heterocycles. The third-order valence-electron chi connectivity index (χ3n) is 3.47. The number of hydrogen-bond acceptors (Lipinski definition) is 3. The molecule has 0 spiro atoms. The minimum atomic E-state index is -0.801. The summed E-state index contributed by atoms with van der Waals surface area (Å²) < 4.78 is 0. The van der Waals surface area contributed by atoms with Crippen LogP contribution < -0.4 is 5.32 Å². The van der Waals surface area contributed by atoms with Gasteiger partial charge in [0.2, 0.25) is 0 Å². The molecular weight excluding hydrogens is 264 g/mol. The molecule has 1 fully saturated rings. The molecule has 0 aliphatic heterocycles. The maximum absolute atomic E-state index is 12.2. The first kappa shape index (κ1) is 13.7. The maximum atomic E-state index is 12.2. The first-order chi connectivity index (χ1) is 9.06. The Morgan fingerprint density at radius 3 is 2.68 bits per heavy atom. The number of nitrogens with one attached hydrogen (secondary N) is 1. The molecule has 0 saturated heterocycles. The van der Waals surface area contributed by atoms with Crippen LogP contribution in [-0.4, -0.2) is 16.6 Å². The van der Waals surface area contributed by atoms with E-state index in [1.807, 2.05) is 0 Å². The van der Waals surface area contributed by atoms with Crippen molar-refractivity contribution in [2.24, 2.45) is 0 Å². The van der Waals surface area contributed by atoms with Crippen molar-refractivity contribution >= 4 is 17.5 Å². The molecule has 0 unspecified atom stereocenters. The molecule has 2 N–H and O–H groups in total. The lowest BCUT2D eigenvalue weighted by atomic mass is 9.82. The van der Waals surface area contributed by atoms with Crippen LogP contribution in [0.2, 0.25) is 5.02 Å². The van der Waals surface area contributed by atoms with Gasteiger partial charge in [-0.1, -0.05) is 30.9 Å². The number of nitriles is 1. The highest BCUT2D eigenvalue weighted by atomic mass is 35.5. The van der Waals surface area contributed by atoms with Gasteiger partial charge in [-0.05, 0) is 31.0 Å². The van der Waals surface area contributed by atoms with Gasteiger partial charge in [0, 0.05) is 0 Å². The van der Waals surface area contributed by atoms with E-state index in [-0.39, 0.29) is 16.3 Å². The molecule has 100 valence electrons. The number of amides is 1. The Morgan fingerprint density at radius 1 is 1.37 bits per heavy atom. The van der Waals surface area contributed by atoms with E-state index in [0.717, 1.165) is 19.3 Å². The SMILES string of the molecule is N#CC1(NC(=O)c2cc(O)ccc2Cl)CCCCC1. The van der Waals surface area contributed by atoms with Crippen LogP contribution in [0.4, 0.5) is 0 Å². The quantitative estimate of drug-likeness (QED) is 0.873. The van der Waals surface area contributed by atoms with Gasteiger partial charge >= 0.3 is 0 Å². The van der Waals surface area contributed by atoms with E-state index in [1.165, 1.54) is 18.2 Å². The first-order valence-corrected chi connectivity index (χ1v) is 6.66. The zero-order valence-electron chi connectivity index (χ0n) is 10.4. The molecule has 4 nitrogen and oxygen atoms in total. The Labute approximate surface area is 117 Å². The topological polar surface area (TPSA) is 73.1 Å². The average molecular weight is 279 g/mol. The fourth-order valence-electron chi connectivity index (χ4n) is 2.39. The summed E-state index contributed by atoms with van der Waals surface area (Å²) in [5.74, 6) is -0.437. The zero-order chi connectivity index (χ0) is 13.9. The van der Waals surface area contributed by atoms with Crippen LogP contribution in [0.5, 0.6) is 5.75 Å². The number of hydrogen-bond donors (Lipinski definition) is 2. The maximum Gasteiger partial charge on any atom is 0.254 e. The Balaban J connectivity index is 2.20. The summed E-state index contributed by atoms with van der Waals surface area (Å²) in [7, 11) is 0. The third kappa shape index (κ3) is 2.99. The van der Waals surface area contributed by atoms with Gasteiger partial charge in [-0.25, -0.2) is 0 Å². The fourth-order valence-corrected chi connectivity index (χ4v) is 2.60. The molecule has 1 aliphatic rings. The molecular formula is C14H15ClN2O2. The highest BCUT2D eigenvalue weighted by molar-refractivity contribution is 6.33. The summed E-state index contributed by atoms with van der Waals surface area (Å²) in [5.41, 5.74) is -0.605.